The summed E-state index contributed by atoms with van der Waals surface area (Å²) in [6, 6.07) is 0. The molecule has 1 heterocycles. The minimum Gasteiger partial charge on any atom is -0.267 e. The van der Waals surface area contributed by atoms with Gasteiger partial charge in [-0.05, 0) is 12.8 Å². The third-order valence-corrected chi connectivity index (χ3v) is 2.47. The van der Waals surface area contributed by atoms with Crippen molar-refractivity contribution in [2.75, 3.05) is 19.3 Å². The van der Waals surface area contributed by atoms with Gasteiger partial charge in [-0.3, -0.25) is 9.19 Å². The predicted molar refractivity (Wildman–Crippen MR) is 46.3 cm³/mol. The lowest BCUT2D eigenvalue weighted by Gasteiger charge is -2.26. The van der Waals surface area contributed by atoms with Crippen LogP contribution in [0.2, 0.25) is 0 Å². The smallest absolute Gasteiger partial charge is 0.264 e. The lowest BCUT2D eigenvalue weighted by atomic mass is 10.1. The number of hydrogen-bond acceptors (Lipinski definition) is 5. The van der Waals surface area contributed by atoms with Gasteiger partial charge in [0.25, 0.3) is 10.1 Å². The molecular formula is C6H12N2O4S. The fourth-order valence-corrected chi connectivity index (χ4v) is 1.95. The summed E-state index contributed by atoms with van der Waals surface area (Å²) in [4.78, 5) is 10.1. The quantitative estimate of drug-likeness (QED) is 0.486. The average molecular weight is 208 g/mol. The first-order valence-corrected chi connectivity index (χ1v) is 5.79. The van der Waals surface area contributed by atoms with Gasteiger partial charge < -0.3 is 0 Å². The van der Waals surface area contributed by atoms with Gasteiger partial charge in [-0.15, -0.1) is 4.91 Å². The normalized spacial score (nSPS) is 20.2. The first kappa shape index (κ1) is 10.4. The third kappa shape index (κ3) is 3.69. The second kappa shape index (κ2) is 4.01. The first-order valence-electron chi connectivity index (χ1n) is 3.98. The van der Waals surface area contributed by atoms with Crippen LogP contribution in [0.4, 0.5) is 0 Å². The molecule has 1 aliphatic rings. The molecule has 6 nitrogen and oxygen atoms in total. The van der Waals surface area contributed by atoms with Crippen LogP contribution in [0.3, 0.4) is 0 Å². The number of nitroso groups, excluding NO2 is 1. The number of rotatable bonds is 3. The van der Waals surface area contributed by atoms with E-state index in [0.29, 0.717) is 25.9 Å². The Balaban J connectivity index is 2.37. The van der Waals surface area contributed by atoms with Gasteiger partial charge in [0.15, 0.2) is 0 Å². The van der Waals surface area contributed by atoms with E-state index >= 15 is 0 Å². The van der Waals surface area contributed by atoms with E-state index < -0.39 is 10.1 Å². The highest BCUT2D eigenvalue weighted by Gasteiger charge is 2.22. The van der Waals surface area contributed by atoms with Crippen LogP contribution in [0.15, 0.2) is 5.29 Å². The van der Waals surface area contributed by atoms with Crippen molar-refractivity contribution in [1.29, 1.82) is 0 Å². The lowest BCUT2D eigenvalue weighted by Crippen LogP contribution is -2.34. The van der Waals surface area contributed by atoms with Gasteiger partial charge in [0.1, 0.15) is 0 Å². The van der Waals surface area contributed by atoms with Crippen LogP contribution in [0.5, 0.6) is 0 Å². The molecule has 0 aliphatic carbocycles. The summed E-state index contributed by atoms with van der Waals surface area (Å²) in [5, 5.41) is 4.12. The Morgan fingerprint density at radius 1 is 1.38 bits per heavy atom. The van der Waals surface area contributed by atoms with Crippen molar-refractivity contribution in [2.45, 2.75) is 18.9 Å². The first-order chi connectivity index (χ1) is 6.01. The zero-order valence-corrected chi connectivity index (χ0v) is 8.16. The SMILES string of the molecule is CS(=O)(=O)OC1CCN(N=O)CC1. The van der Waals surface area contributed by atoms with Crippen LogP contribution in [0.1, 0.15) is 12.8 Å². The maximum absolute atomic E-state index is 10.7. The van der Waals surface area contributed by atoms with E-state index in [1.807, 2.05) is 0 Å². The highest BCUT2D eigenvalue weighted by molar-refractivity contribution is 7.86. The van der Waals surface area contributed by atoms with Crippen molar-refractivity contribution >= 4 is 10.1 Å². The van der Waals surface area contributed by atoms with Crippen molar-refractivity contribution in [2.24, 2.45) is 5.29 Å². The van der Waals surface area contributed by atoms with E-state index in [-0.39, 0.29) is 6.10 Å². The van der Waals surface area contributed by atoms with Crippen LogP contribution in [-0.4, -0.2) is 38.9 Å². The fraction of sp³-hybridized carbons (Fsp3) is 1.00. The Bertz CT molecular complexity index is 268. The molecule has 0 spiro atoms. The Kier molecular flexibility index (Phi) is 3.21. The molecule has 0 N–H and O–H groups in total. The third-order valence-electron chi connectivity index (χ3n) is 1.84. The van der Waals surface area contributed by atoms with Gasteiger partial charge in [-0.25, -0.2) is 0 Å². The molecule has 0 radical (unpaired) electrons. The monoisotopic (exact) mass is 208 g/mol. The molecule has 0 atom stereocenters. The summed E-state index contributed by atoms with van der Waals surface area (Å²) in [5.41, 5.74) is 0. The summed E-state index contributed by atoms with van der Waals surface area (Å²) in [6.07, 6.45) is 1.78. The molecule has 1 rings (SSSR count). The molecule has 1 aliphatic heterocycles. The van der Waals surface area contributed by atoms with Gasteiger partial charge in [0, 0.05) is 13.1 Å². The molecule has 13 heavy (non-hydrogen) atoms. The molecular weight excluding hydrogens is 196 g/mol. The van der Waals surface area contributed by atoms with E-state index in [1.165, 1.54) is 5.01 Å². The van der Waals surface area contributed by atoms with Gasteiger partial charge in [0.05, 0.1) is 17.6 Å². The Hall–Kier alpha value is -0.690. The van der Waals surface area contributed by atoms with Gasteiger partial charge in [-0.2, -0.15) is 8.42 Å². The summed E-state index contributed by atoms with van der Waals surface area (Å²) in [7, 11) is -3.38. The van der Waals surface area contributed by atoms with Crippen molar-refractivity contribution in [3.8, 4) is 0 Å². The van der Waals surface area contributed by atoms with Gasteiger partial charge in [0.2, 0.25) is 0 Å². The lowest BCUT2D eigenvalue weighted by molar-refractivity contribution is 0.107. The van der Waals surface area contributed by atoms with E-state index in [2.05, 4.69) is 5.29 Å². The summed E-state index contributed by atoms with van der Waals surface area (Å²) in [6.45, 7) is 0.924. The van der Waals surface area contributed by atoms with E-state index in [0.717, 1.165) is 6.26 Å². The molecule has 0 aromatic carbocycles. The van der Waals surface area contributed by atoms with Crippen LogP contribution < -0.4 is 0 Å². The second-order valence-electron chi connectivity index (χ2n) is 3.04. The Morgan fingerprint density at radius 2 is 1.92 bits per heavy atom. The molecule has 0 unspecified atom stereocenters. The zero-order valence-electron chi connectivity index (χ0n) is 7.34. The Labute approximate surface area is 76.9 Å². The topological polar surface area (TPSA) is 76.0 Å². The Morgan fingerprint density at radius 3 is 2.31 bits per heavy atom. The minimum absolute atomic E-state index is 0.298. The van der Waals surface area contributed by atoms with Crippen molar-refractivity contribution < 1.29 is 12.6 Å². The van der Waals surface area contributed by atoms with E-state index in [1.54, 1.807) is 0 Å². The molecule has 0 aromatic rings. The molecule has 7 heteroatoms. The largest absolute Gasteiger partial charge is 0.267 e. The highest BCUT2D eigenvalue weighted by Crippen LogP contribution is 2.15. The zero-order chi connectivity index (χ0) is 9.90. The maximum atomic E-state index is 10.7. The van der Waals surface area contributed by atoms with Crippen LogP contribution in [-0.2, 0) is 14.3 Å². The standard InChI is InChI=1S/C6H12N2O4S/c1-13(10,11)12-6-2-4-8(7-9)5-3-6/h6H,2-5H2,1H3. The van der Waals surface area contributed by atoms with Crippen LogP contribution in [0.25, 0.3) is 0 Å². The van der Waals surface area contributed by atoms with E-state index in [9.17, 15) is 13.3 Å². The molecule has 0 amide bonds. The highest BCUT2D eigenvalue weighted by atomic mass is 32.2. The van der Waals surface area contributed by atoms with Gasteiger partial charge in [-0.1, -0.05) is 0 Å². The molecule has 76 valence electrons. The number of nitrogens with zero attached hydrogens (tertiary/aromatic N) is 2. The van der Waals surface area contributed by atoms with Gasteiger partial charge >= 0.3 is 0 Å². The molecule has 0 saturated carbocycles. The molecule has 1 fully saturated rings. The van der Waals surface area contributed by atoms with Crippen LogP contribution in [0, 0.1) is 4.91 Å². The summed E-state index contributed by atoms with van der Waals surface area (Å²) >= 11 is 0. The number of piperidine rings is 1. The van der Waals surface area contributed by atoms with Crippen molar-refractivity contribution in [1.82, 2.24) is 5.01 Å². The second-order valence-corrected chi connectivity index (χ2v) is 4.64. The fourth-order valence-electron chi connectivity index (χ4n) is 1.27. The summed E-state index contributed by atoms with van der Waals surface area (Å²) in [5.74, 6) is 0. The van der Waals surface area contributed by atoms with Crippen molar-refractivity contribution in [3.63, 3.8) is 0 Å². The van der Waals surface area contributed by atoms with Crippen molar-refractivity contribution in [3.05, 3.63) is 4.91 Å². The molecule has 0 bridgehead atoms. The summed E-state index contributed by atoms with van der Waals surface area (Å²) < 4.78 is 26.2. The van der Waals surface area contributed by atoms with Crippen LogP contribution >= 0.6 is 0 Å². The minimum atomic E-state index is -3.38. The molecule has 0 aromatic heterocycles. The number of hydrogen-bond donors (Lipinski definition) is 0. The van der Waals surface area contributed by atoms with E-state index in [4.69, 9.17) is 4.18 Å². The average Bonchev–Trinajstić information content (AvgIpc) is 2.03. The predicted octanol–water partition coefficient (Wildman–Crippen LogP) is 0.108. The maximum Gasteiger partial charge on any atom is 0.264 e. The molecule has 1 saturated heterocycles.